The van der Waals surface area contributed by atoms with Crippen molar-refractivity contribution in [3.8, 4) is 0 Å². The Kier molecular flexibility index (Phi) is 7.07. The predicted octanol–water partition coefficient (Wildman–Crippen LogP) is 2.75. The number of nitrogens with one attached hydrogen (secondary N) is 2. The van der Waals surface area contributed by atoms with E-state index in [4.69, 9.17) is 5.73 Å². The van der Waals surface area contributed by atoms with Gasteiger partial charge < -0.3 is 16.4 Å². The van der Waals surface area contributed by atoms with Crippen LogP contribution >= 0.6 is 11.8 Å². The summed E-state index contributed by atoms with van der Waals surface area (Å²) in [5, 5.41) is 5.99. The van der Waals surface area contributed by atoms with Crippen LogP contribution in [0, 0.1) is 0 Å². The van der Waals surface area contributed by atoms with Crippen LogP contribution in [0.4, 0.5) is 10.5 Å². The first-order chi connectivity index (χ1) is 9.13. The van der Waals surface area contributed by atoms with Gasteiger partial charge >= 0.3 is 6.03 Å². The second kappa shape index (κ2) is 8.61. The molecule has 1 atom stereocenters. The summed E-state index contributed by atoms with van der Waals surface area (Å²) in [7, 11) is 0. The zero-order valence-corrected chi connectivity index (χ0v) is 12.0. The molecular formula is C14H21N3OS. The van der Waals surface area contributed by atoms with Crippen molar-refractivity contribution in [2.45, 2.75) is 13.0 Å². The average Bonchev–Trinajstić information content (AvgIpc) is 2.38. The van der Waals surface area contributed by atoms with E-state index in [1.807, 2.05) is 42.1 Å². The van der Waals surface area contributed by atoms with Crippen molar-refractivity contribution in [1.82, 2.24) is 5.32 Å². The Morgan fingerprint density at radius 1 is 1.47 bits per heavy atom. The van der Waals surface area contributed by atoms with Crippen molar-refractivity contribution in [3.63, 3.8) is 0 Å². The van der Waals surface area contributed by atoms with E-state index in [1.54, 1.807) is 0 Å². The molecule has 0 heterocycles. The molecule has 104 valence electrons. The molecule has 1 unspecified atom stereocenters. The maximum atomic E-state index is 10.7. The summed E-state index contributed by atoms with van der Waals surface area (Å²) in [5.74, 6) is 2.06. The van der Waals surface area contributed by atoms with Crippen LogP contribution in [0.3, 0.4) is 0 Å². The fourth-order valence-electron chi connectivity index (χ4n) is 1.63. The topological polar surface area (TPSA) is 67.2 Å². The number of rotatable bonds is 8. The van der Waals surface area contributed by atoms with Crippen LogP contribution in [0.25, 0.3) is 0 Å². The second-order valence-corrected chi connectivity index (χ2v) is 5.30. The van der Waals surface area contributed by atoms with Gasteiger partial charge in [-0.25, -0.2) is 4.79 Å². The van der Waals surface area contributed by atoms with E-state index < -0.39 is 6.03 Å². The van der Waals surface area contributed by atoms with Crippen molar-refractivity contribution in [2.24, 2.45) is 5.73 Å². The van der Waals surface area contributed by atoms with Crippen LogP contribution < -0.4 is 16.4 Å². The Morgan fingerprint density at radius 2 is 2.16 bits per heavy atom. The van der Waals surface area contributed by atoms with Gasteiger partial charge in [0.15, 0.2) is 0 Å². The maximum Gasteiger partial charge on any atom is 0.316 e. The van der Waals surface area contributed by atoms with Gasteiger partial charge in [0, 0.05) is 29.8 Å². The quantitative estimate of drug-likeness (QED) is 0.506. The monoisotopic (exact) mass is 279 g/mol. The van der Waals surface area contributed by atoms with Gasteiger partial charge in [0.25, 0.3) is 0 Å². The van der Waals surface area contributed by atoms with E-state index in [-0.39, 0.29) is 6.04 Å². The molecular weight excluding hydrogens is 258 g/mol. The van der Waals surface area contributed by atoms with Gasteiger partial charge in [-0.1, -0.05) is 18.2 Å². The summed E-state index contributed by atoms with van der Waals surface area (Å²) >= 11 is 1.86. The Balaban J connectivity index is 2.37. The van der Waals surface area contributed by atoms with Crippen molar-refractivity contribution in [3.05, 3.63) is 42.5 Å². The van der Waals surface area contributed by atoms with E-state index in [1.165, 1.54) is 5.56 Å². The third kappa shape index (κ3) is 6.31. The minimum absolute atomic E-state index is 0.284. The summed E-state index contributed by atoms with van der Waals surface area (Å²) in [6, 6.07) is 7.42. The van der Waals surface area contributed by atoms with Gasteiger partial charge in [0.2, 0.25) is 0 Å². The molecule has 19 heavy (non-hydrogen) atoms. The van der Waals surface area contributed by atoms with E-state index in [9.17, 15) is 4.79 Å². The number of carbonyl (C=O) groups is 1. The number of nitrogens with two attached hydrogens (primary N) is 1. The van der Waals surface area contributed by atoms with Crippen LogP contribution in [0.2, 0.25) is 0 Å². The summed E-state index contributed by atoms with van der Waals surface area (Å²) in [6.45, 7) is 6.77. The third-order valence-electron chi connectivity index (χ3n) is 2.61. The van der Waals surface area contributed by atoms with Crippen LogP contribution in [0.5, 0.6) is 0 Å². The molecule has 0 spiro atoms. The maximum absolute atomic E-state index is 10.7. The van der Waals surface area contributed by atoms with Gasteiger partial charge in [-0.05, 0) is 24.6 Å². The Hall–Kier alpha value is -1.46. The number of primary amides is 1. The number of urea groups is 1. The van der Waals surface area contributed by atoms with E-state index >= 15 is 0 Å². The third-order valence-corrected chi connectivity index (χ3v) is 3.58. The molecule has 4 nitrogen and oxygen atoms in total. The molecule has 0 radical (unpaired) electrons. The number of hydrogen-bond acceptors (Lipinski definition) is 3. The lowest BCUT2D eigenvalue weighted by Gasteiger charge is -2.14. The molecule has 0 saturated carbocycles. The first-order valence-electron chi connectivity index (χ1n) is 6.22. The highest BCUT2D eigenvalue weighted by atomic mass is 32.2. The van der Waals surface area contributed by atoms with Crippen molar-refractivity contribution in [1.29, 1.82) is 0 Å². The van der Waals surface area contributed by atoms with E-state index in [0.717, 1.165) is 18.1 Å². The Labute approximate surface area is 118 Å². The number of anilines is 1. The fraction of sp³-hybridized carbons (Fsp3) is 0.357. The highest BCUT2D eigenvalue weighted by Gasteiger charge is 2.04. The molecule has 1 aromatic rings. The molecule has 0 aromatic heterocycles. The zero-order valence-electron chi connectivity index (χ0n) is 11.2. The van der Waals surface area contributed by atoms with Crippen molar-refractivity contribution in [2.75, 3.05) is 23.4 Å². The molecule has 5 heteroatoms. The SMILES string of the molecule is C=CCSCCNC(C)c1ccc(NC(N)=O)cc1. The standard InChI is InChI=1S/C14H21N3OS/c1-3-9-19-10-8-16-11(2)12-4-6-13(7-5-12)17-14(15)18/h3-7,11,16H,1,8-10H2,2H3,(H3,15,17,18). The lowest BCUT2D eigenvalue weighted by atomic mass is 10.1. The Bertz CT molecular complexity index is 406. The molecule has 1 aromatic carbocycles. The molecule has 0 fully saturated rings. The van der Waals surface area contributed by atoms with E-state index in [0.29, 0.717) is 5.69 Å². The molecule has 1 rings (SSSR count). The first kappa shape index (κ1) is 15.6. The van der Waals surface area contributed by atoms with E-state index in [2.05, 4.69) is 24.1 Å². The highest BCUT2D eigenvalue weighted by Crippen LogP contribution is 2.16. The lowest BCUT2D eigenvalue weighted by Crippen LogP contribution is -2.22. The zero-order chi connectivity index (χ0) is 14.1. The number of amides is 2. The highest BCUT2D eigenvalue weighted by molar-refractivity contribution is 7.99. The minimum Gasteiger partial charge on any atom is -0.351 e. The summed E-state index contributed by atoms with van der Waals surface area (Å²) in [5.41, 5.74) is 6.95. The van der Waals surface area contributed by atoms with Gasteiger partial charge in [-0.3, -0.25) is 0 Å². The van der Waals surface area contributed by atoms with Crippen LogP contribution in [0.15, 0.2) is 36.9 Å². The van der Waals surface area contributed by atoms with Gasteiger partial charge in [-0.2, -0.15) is 11.8 Å². The second-order valence-electron chi connectivity index (χ2n) is 4.15. The van der Waals surface area contributed by atoms with Gasteiger partial charge in [-0.15, -0.1) is 6.58 Å². The van der Waals surface area contributed by atoms with Crippen LogP contribution in [-0.2, 0) is 0 Å². The van der Waals surface area contributed by atoms with Crippen molar-refractivity contribution < 1.29 is 4.79 Å². The number of thioether (sulfide) groups is 1. The molecule has 0 aliphatic carbocycles. The van der Waals surface area contributed by atoms with Crippen LogP contribution in [0.1, 0.15) is 18.5 Å². The predicted molar refractivity (Wildman–Crippen MR) is 83.6 cm³/mol. The smallest absolute Gasteiger partial charge is 0.316 e. The largest absolute Gasteiger partial charge is 0.351 e. The molecule has 0 aliphatic heterocycles. The number of benzene rings is 1. The van der Waals surface area contributed by atoms with Gasteiger partial charge in [0.1, 0.15) is 0 Å². The summed E-state index contributed by atoms with van der Waals surface area (Å²) in [4.78, 5) is 10.7. The molecule has 4 N–H and O–H groups in total. The lowest BCUT2D eigenvalue weighted by molar-refractivity contribution is 0.259. The normalized spacial score (nSPS) is 11.8. The fourth-order valence-corrected chi connectivity index (χ4v) is 2.23. The van der Waals surface area contributed by atoms with Crippen LogP contribution in [-0.4, -0.2) is 24.1 Å². The molecule has 2 amide bonds. The molecule has 0 saturated heterocycles. The Morgan fingerprint density at radius 3 is 2.74 bits per heavy atom. The number of carbonyl (C=O) groups excluding carboxylic acids is 1. The number of hydrogen-bond donors (Lipinski definition) is 3. The van der Waals surface area contributed by atoms with Crippen molar-refractivity contribution >= 4 is 23.5 Å². The van der Waals surface area contributed by atoms with Gasteiger partial charge in [0.05, 0.1) is 0 Å². The first-order valence-corrected chi connectivity index (χ1v) is 7.37. The average molecular weight is 279 g/mol. The molecule has 0 aliphatic rings. The summed E-state index contributed by atoms with van der Waals surface area (Å²) < 4.78 is 0. The molecule has 0 bridgehead atoms. The summed E-state index contributed by atoms with van der Waals surface area (Å²) in [6.07, 6.45) is 1.92. The minimum atomic E-state index is -0.543.